The molecular weight excluding hydrogens is 291 g/mol. The number of carbonyl (C=O) groups is 1. The second kappa shape index (κ2) is 7.23. The predicted molar refractivity (Wildman–Crippen MR) is 81.2 cm³/mol. The summed E-state index contributed by atoms with van der Waals surface area (Å²) in [4.78, 5) is 10.9. The van der Waals surface area contributed by atoms with Crippen molar-refractivity contribution in [2.45, 2.75) is 26.4 Å². The molecule has 0 spiro atoms. The second-order valence-electron chi connectivity index (χ2n) is 4.87. The molecule has 0 fully saturated rings. The van der Waals surface area contributed by atoms with Gasteiger partial charge in [0.25, 0.3) is 0 Å². The van der Waals surface area contributed by atoms with Gasteiger partial charge in [-0.1, -0.05) is 23.7 Å². The van der Waals surface area contributed by atoms with Crippen LogP contribution < -0.4 is 4.74 Å². The van der Waals surface area contributed by atoms with Crippen LogP contribution in [0.1, 0.15) is 24.5 Å². The van der Waals surface area contributed by atoms with Crippen LogP contribution in [0, 0.1) is 5.82 Å². The zero-order valence-corrected chi connectivity index (χ0v) is 12.5. The van der Waals surface area contributed by atoms with E-state index in [0.717, 1.165) is 12.0 Å². The molecule has 2 aromatic carbocycles. The number of rotatable bonds is 6. The standard InChI is InChI=1S/C17H16ClFO2/c1-12(20)2-3-13-4-7-16(8-5-13)21-11-14-10-15(18)6-9-17(14)19/h4-10H,2-3,11H2,1H3. The molecule has 4 heteroatoms. The Morgan fingerprint density at radius 3 is 2.57 bits per heavy atom. The molecule has 2 nitrogen and oxygen atoms in total. The number of hydrogen-bond acceptors (Lipinski definition) is 2. The maximum absolute atomic E-state index is 13.5. The molecule has 0 saturated carbocycles. The summed E-state index contributed by atoms with van der Waals surface area (Å²) in [5, 5.41) is 0.481. The molecule has 2 rings (SSSR count). The molecule has 0 bridgehead atoms. The lowest BCUT2D eigenvalue weighted by atomic mass is 10.1. The maximum atomic E-state index is 13.5. The summed E-state index contributed by atoms with van der Waals surface area (Å²) in [6.07, 6.45) is 1.26. The second-order valence-corrected chi connectivity index (χ2v) is 5.31. The third-order valence-corrected chi connectivity index (χ3v) is 3.33. The molecule has 0 atom stereocenters. The highest BCUT2D eigenvalue weighted by Crippen LogP contribution is 2.19. The normalized spacial score (nSPS) is 10.4. The summed E-state index contributed by atoms with van der Waals surface area (Å²) in [5.74, 6) is 0.491. The van der Waals surface area contributed by atoms with E-state index >= 15 is 0 Å². The summed E-state index contributed by atoms with van der Waals surface area (Å²) in [6, 6.07) is 11.8. The molecule has 0 aliphatic rings. The van der Waals surface area contributed by atoms with E-state index in [1.54, 1.807) is 13.0 Å². The molecule has 0 amide bonds. The topological polar surface area (TPSA) is 26.3 Å². The zero-order chi connectivity index (χ0) is 15.2. The summed E-state index contributed by atoms with van der Waals surface area (Å²) < 4.78 is 19.1. The highest BCUT2D eigenvalue weighted by molar-refractivity contribution is 6.30. The zero-order valence-electron chi connectivity index (χ0n) is 11.7. The fraction of sp³-hybridized carbons (Fsp3) is 0.235. The first-order valence-corrected chi connectivity index (χ1v) is 7.07. The molecule has 0 saturated heterocycles. The molecule has 0 N–H and O–H groups in total. The first-order valence-electron chi connectivity index (χ1n) is 6.69. The van der Waals surface area contributed by atoms with Gasteiger partial charge in [0.1, 0.15) is 24.0 Å². The van der Waals surface area contributed by atoms with Gasteiger partial charge in [-0.3, -0.25) is 0 Å². The van der Waals surface area contributed by atoms with Crippen molar-refractivity contribution in [2.75, 3.05) is 0 Å². The van der Waals surface area contributed by atoms with Gasteiger partial charge in [0.05, 0.1) is 0 Å². The average Bonchev–Trinajstić information content (AvgIpc) is 2.47. The number of benzene rings is 2. The lowest BCUT2D eigenvalue weighted by Gasteiger charge is -2.08. The Kier molecular flexibility index (Phi) is 5.34. The smallest absolute Gasteiger partial charge is 0.130 e. The van der Waals surface area contributed by atoms with Gasteiger partial charge in [-0.2, -0.15) is 0 Å². The molecule has 2 aromatic rings. The van der Waals surface area contributed by atoms with E-state index in [1.807, 2.05) is 24.3 Å². The lowest BCUT2D eigenvalue weighted by Crippen LogP contribution is -1.99. The Labute approximate surface area is 128 Å². The number of hydrogen-bond donors (Lipinski definition) is 0. The SMILES string of the molecule is CC(=O)CCc1ccc(OCc2cc(Cl)ccc2F)cc1. The maximum Gasteiger partial charge on any atom is 0.130 e. The fourth-order valence-corrected chi connectivity index (χ4v) is 2.08. The lowest BCUT2D eigenvalue weighted by molar-refractivity contribution is -0.116. The molecule has 0 heterocycles. The predicted octanol–water partition coefficient (Wildman–Crippen LogP) is 4.58. The molecule has 110 valence electrons. The van der Waals surface area contributed by atoms with E-state index < -0.39 is 0 Å². The number of carbonyl (C=O) groups excluding carboxylic acids is 1. The van der Waals surface area contributed by atoms with E-state index in [4.69, 9.17) is 16.3 Å². The van der Waals surface area contributed by atoms with Gasteiger partial charge in [0.15, 0.2) is 0 Å². The first-order chi connectivity index (χ1) is 10.0. The number of ether oxygens (including phenoxy) is 1. The van der Waals surface area contributed by atoms with E-state index in [-0.39, 0.29) is 18.2 Å². The minimum absolute atomic E-state index is 0.124. The van der Waals surface area contributed by atoms with Gasteiger partial charge in [-0.25, -0.2) is 4.39 Å². The highest BCUT2D eigenvalue weighted by atomic mass is 35.5. The molecule has 0 unspecified atom stereocenters. The van der Waals surface area contributed by atoms with Crippen LogP contribution in [0.25, 0.3) is 0 Å². The molecule has 0 aromatic heterocycles. The van der Waals surface area contributed by atoms with E-state index in [1.165, 1.54) is 12.1 Å². The number of aryl methyl sites for hydroxylation is 1. The first kappa shape index (κ1) is 15.5. The minimum atomic E-state index is -0.336. The molecule has 0 aliphatic carbocycles. The van der Waals surface area contributed by atoms with Crippen molar-refractivity contribution >= 4 is 17.4 Å². The van der Waals surface area contributed by atoms with Crippen molar-refractivity contribution in [2.24, 2.45) is 0 Å². The third-order valence-electron chi connectivity index (χ3n) is 3.09. The molecular formula is C17H16ClFO2. The van der Waals surface area contributed by atoms with Crippen LogP contribution in [0.5, 0.6) is 5.75 Å². The van der Waals surface area contributed by atoms with E-state index in [0.29, 0.717) is 22.8 Å². The summed E-state index contributed by atoms with van der Waals surface area (Å²) in [7, 11) is 0. The van der Waals surface area contributed by atoms with Gasteiger partial charge in [-0.15, -0.1) is 0 Å². The third kappa shape index (κ3) is 4.87. The van der Waals surface area contributed by atoms with Crippen molar-refractivity contribution in [1.29, 1.82) is 0 Å². The van der Waals surface area contributed by atoms with Gasteiger partial charge in [0.2, 0.25) is 0 Å². The van der Waals surface area contributed by atoms with Gasteiger partial charge < -0.3 is 9.53 Å². The van der Waals surface area contributed by atoms with Crippen LogP contribution in [0.2, 0.25) is 5.02 Å². The van der Waals surface area contributed by atoms with Crippen LogP contribution in [0.4, 0.5) is 4.39 Å². The Bertz CT molecular complexity index is 623. The van der Waals surface area contributed by atoms with Crippen LogP contribution in [-0.4, -0.2) is 5.78 Å². The van der Waals surface area contributed by atoms with Crippen molar-refractivity contribution in [1.82, 2.24) is 0 Å². The van der Waals surface area contributed by atoms with Crippen LogP contribution in [-0.2, 0) is 17.8 Å². The highest BCUT2D eigenvalue weighted by Gasteiger charge is 2.04. The Balaban J connectivity index is 1.94. The quantitative estimate of drug-likeness (QED) is 0.781. The van der Waals surface area contributed by atoms with Gasteiger partial charge in [-0.05, 0) is 49.2 Å². The molecule has 0 aliphatic heterocycles. The largest absolute Gasteiger partial charge is 0.489 e. The minimum Gasteiger partial charge on any atom is -0.489 e. The number of halogens is 2. The monoisotopic (exact) mass is 306 g/mol. The van der Waals surface area contributed by atoms with E-state index in [9.17, 15) is 9.18 Å². The molecule has 21 heavy (non-hydrogen) atoms. The Hall–Kier alpha value is -1.87. The van der Waals surface area contributed by atoms with Crippen LogP contribution >= 0.6 is 11.6 Å². The average molecular weight is 307 g/mol. The Morgan fingerprint density at radius 2 is 1.90 bits per heavy atom. The van der Waals surface area contributed by atoms with Crippen LogP contribution in [0.15, 0.2) is 42.5 Å². The fourth-order valence-electron chi connectivity index (χ4n) is 1.89. The summed E-state index contributed by atoms with van der Waals surface area (Å²) in [5.41, 5.74) is 1.50. The van der Waals surface area contributed by atoms with E-state index in [2.05, 4.69) is 0 Å². The number of Topliss-reactive ketones (excluding diaryl/α,β-unsaturated/α-hetero) is 1. The van der Waals surface area contributed by atoms with Crippen molar-refractivity contribution < 1.29 is 13.9 Å². The van der Waals surface area contributed by atoms with Crippen molar-refractivity contribution in [3.05, 3.63) is 64.4 Å². The van der Waals surface area contributed by atoms with Gasteiger partial charge in [0, 0.05) is 17.0 Å². The van der Waals surface area contributed by atoms with Crippen molar-refractivity contribution in [3.8, 4) is 5.75 Å². The summed E-state index contributed by atoms with van der Waals surface area (Å²) >= 11 is 5.83. The van der Waals surface area contributed by atoms with Gasteiger partial charge >= 0.3 is 0 Å². The molecule has 0 radical (unpaired) electrons. The summed E-state index contributed by atoms with van der Waals surface area (Å²) in [6.45, 7) is 1.70. The number of ketones is 1. The Morgan fingerprint density at radius 1 is 1.19 bits per heavy atom. The van der Waals surface area contributed by atoms with Crippen LogP contribution in [0.3, 0.4) is 0 Å². The van der Waals surface area contributed by atoms with Crippen molar-refractivity contribution in [3.63, 3.8) is 0 Å².